The first-order chi connectivity index (χ1) is 23.1. The lowest BCUT2D eigenvalue weighted by atomic mass is 10.00. The molecule has 1 fully saturated rings. The van der Waals surface area contributed by atoms with Crippen LogP contribution < -0.4 is 22.1 Å². The molecule has 2 aromatic rings. The average Bonchev–Trinajstić information content (AvgIpc) is 3.60. The third kappa shape index (κ3) is 12.6. The number of hydrogen-bond acceptors (Lipinski definition) is 7. The Hall–Kier alpha value is -4.69. The molecule has 2 aliphatic rings. The van der Waals surface area contributed by atoms with Crippen LogP contribution in [0.25, 0.3) is 0 Å². The second-order valence-electron chi connectivity index (χ2n) is 10.9. The number of carboxylic acids is 2. The van der Waals surface area contributed by atoms with Gasteiger partial charge in [0.1, 0.15) is 5.82 Å². The Morgan fingerprint density at radius 1 is 0.960 bits per heavy atom. The number of likely N-dealkylation sites (tertiary alicyclic amines) is 1. The van der Waals surface area contributed by atoms with E-state index in [0.717, 1.165) is 48.7 Å². The molecule has 0 aromatic heterocycles. The van der Waals surface area contributed by atoms with E-state index in [1.807, 2.05) is 12.1 Å². The number of nitrogens with zero attached hydrogens (tertiary/aromatic N) is 2. The number of aliphatic hydroxyl groups is 1. The molecule has 0 saturated carbocycles. The maximum Gasteiger partial charge on any atom is 0.490 e. The van der Waals surface area contributed by atoms with Crippen molar-refractivity contribution in [2.24, 2.45) is 22.4 Å². The summed E-state index contributed by atoms with van der Waals surface area (Å²) in [6, 6.07) is 9.52. The van der Waals surface area contributed by atoms with Crippen molar-refractivity contribution >= 4 is 47.0 Å². The fourth-order valence-corrected chi connectivity index (χ4v) is 5.11. The fraction of sp³-hybridized carbons (Fsp3) is 0.414. The van der Waals surface area contributed by atoms with Crippen LogP contribution in [0.15, 0.2) is 41.4 Å². The number of carbonyl (C=O) groups excluding carboxylic acids is 2. The molecule has 276 valence electrons. The number of carboxylic acid groups (broad SMARTS) is 2. The van der Waals surface area contributed by atoms with Gasteiger partial charge in [-0.05, 0) is 60.7 Å². The average molecular weight is 745 g/mol. The van der Waals surface area contributed by atoms with E-state index in [4.69, 9.17) is 42.9 Å². The summed E-state index contributed by atoms with van der Waals surface area (Å²) in [7, 11) is 0. The molecule has 4 rings (SSSR count). The van der Waals surface area contributed by atoms with Crippen molar-refractivity contribution in [3.05, 3.63) is 63.9 Å². The van der Waals surface area contributed by atoms with Gasteiger partial charge in [0, 0.05) is 30.7 Å². The van der Waals surface area contributed by atoms with E-state index < -0.39 is 48.0 Å². The topological polar surface area (TPSA) is 221 Å². The molecule has 2 aromatic carbocycles. The highest BCUT2D eigenvalue weighted by molar-refractivity contribution is 6.39. The Balaban J connectivity index is 0.000000521. The third-order valence-corrected chi connectivity index (χ3v) is 7.56. The molecule has 9 N–H and O–H groups in total. The first-order valence-corrected chi connectivity index (χ1v) is 14.7. The Labute approximate surface area is 284 Å². The van der Waals surface area contributed by atoms with Crippen LogP contribution in [0.1, 0.15) is 35.6 Å². The molecule has 1 aliphatic carbocycles. The third-order valence-electron chi connectivity index (χ3n) is 7.26. The van der Waals surface area contributed by atoms with Gasteiger partial charge in [-0.3, -0.25) is 19.5 Å². The lowest BCUT2D eigenvalue weighted by Crippen LogP contribution is -2.40. The van der Waals surface area contributed by atoms with Gasteiger partial charge in [-0.2, -0.15) is 26.3 Å². The number of guanidine groups is 1. The number of aliphatic hydroxyl groups excluding tert-OH is 1. The van der Waals surface area contributed by atoms with Crippen LogP contribution in [0.3, 0.4) is 0 Å². The van der Waals surface area contributed by atoms with Crippen LogP contribution in [0.5, 0.6) is 0 Å². The van der Waals surface area contributed by atoms with Gasteiger partial charge in [-0.1, -0.05) is 29.8 Å². The van der Waals surface area contributed by atoms with E-state index >= 15 is 0 Å². The van der Waals surface area contributed by atoms with E-state index in [1.54, 1.807) is 0 Å². The summed E-state index contributed by atoms with van der Waals surface area (Å²) in [5.41, 5.74) is 14.2. The zero-order valence-electron chi connectivity index (χ0n) is 25.7. The van der Waals surface area contributed by atoms with Crippen molar-refractivity contribution in [1.29, 1.82) is 0 Å². The molecule has 1 aliphatic heterocycles. The minimum Gasteiger partial charge on any atom is -0.475 e. The summed E-state index contributed by atoms with van der Waals surface area (Å²) in [6.45, 7) is 2.10. The largest absolute Gasteiger partial charge is 0.490 e. The molecule has 0 bridgehead atoms. The number of aliphatic imine (C=N–C) groups is 1. The number of anilines is 1. The Morgan fingerprint density at radius 2 is 1.56 bits per heavy atom. The van der Waals surface area contributed by atoms with E-state index in [2.05, 4.69) is 26.6 Å². The zero-order valence-corrected chi connectivity index (χ0v) is 26.4. The summed E-state index contributed by atoms with van der Waals surface area (Å²) in [6.07, 6.45) is -7.49. The monoisotopic (exact) mass is 744 g/mol. The number of nitrogens with two attached hydrogens (primary N) is 2. The molecular weight excluding hydrogens is 713 g/mol. The molecule has 1 saturated heterocycles. The van der Waals surface area contributed by atoms with Crippen molar-refractivity contribution in [2.75, 3.05) is 25.0 Å². The number of carbonyl (C=O) groups is 4. The van der Waals surface area contributed by atoms with Crippen molar-refractivity contribution < 1.29 is 65.2 Å². The standard InChI is InChI=1S/C25H30ClFN6O3.2C2HF3O2/c26-20-6-4-17(10-21(20)27)31-23(35)24(36)32-22-16(11-30-25(28)29)9-15-8-14(3-5-19(15)22)12-33-7-1-2-18(33)13-34;2*3-2(4,5)1(6)7/h3-6,8,10,16,18,22,34H,1-2,7,9,11-13H2,(H,31,35)(H,32,36)(H4,28,29,30);2*(H,6,7)/t16-,18-,22-;;/m1../s1. The van der Waals surface area contributed by atoms with Crippen LogP contribution >= 0.6 is 11.6 Å². The Bertz CT molecular complexity index is 1550. The smallest absolute Gasteiger partial charge is 0.475 e. The van der Waals surface area contributed by atoms with Crippen molar-refractivity contribution in [3.8, 4) is 0 Å². The normalized spacial score (nSPS) is 18.4. The number of alkyl halides is 6. The number of fused-ring (bicyclic) bond motifs is 1. The highest BCUT2D eigenvalue weighted by atomic mass is 35.5. The number of halogens is 8. The van der Waals surface area contributed by atoms with Crippen LogP contribution in [-0.2, 0) is 32.1 Å². The van der Waals surface area contributed by atoms with E-state index in [9.17, 15) is 45.4 Å². The highest BCUT2D eigenvalue weighted by Gasteiger charge is 2.39. The number of nitrogens with one attached hydrogen (secondary N) is 2. The number of aliphatic carboxylic acids is 2. The van der Waals surface area contributed by atoms with Crippen LogP contribution in [0.2, 0.25) is 5.02 Å². The molecule has 21 heteroatoms. The number of hydrogen-bond donors (Lipinski definition) is 7. The molecular formula is C29H32ClF7N6O7. The SMILES string of the molecule is NC(N)=NC[C@H]1Cc2cc(CN3CCC[C@@H]3CO)ccc2[C@@H]1NC(=O)C(=O)Nc1ccc(Cl)c(F)c1.O=C(O)C(F)(F)F.O=C(O)C(F)(F)F. The second kappa shape index (κ2) is 17.8. The molecule has 3 atom stereocenters. The van der Waals surface area contributed by atoms with Crippen molar-refractivity contribution in [2.45, 2.75) is 50.2 Å². The fourth-order valence-electron chi connectivity index (χ4n) is 4.99. The van der Waals surface area contributed by atoms with E-state index in [0.29, 0.717) is 6.42 Å². The summed E-state index contributed by atoms with van der Waals surface area (Å²) in [5, 5.41) is 29.0. The molecule has 0 unspecified atom stereocenters. The van der Waals surface area contributed by atoms with E-state index in [1.165, 1.54) is 12.1 Å². The van der Waals surface area contributed by atoms with Crippen LogP contribution in [0.4, 0.5) is 36.4 Å². The molecule has 0 spiro atoms. The molecule has 1 heterocycles. The van der Waals surface area contributed by atoms with E-state index in [-0.39, 0.29) is 41.8 Å². The van der Waals surface area contributed by atoms with Gasteiger partial charge < -0.3 is 37.4 Å². The van der Waals surface area contributed by atoms with Crippen molar-refractivity contribution in [1.82, 2.24) is 10.2 Å². The molecule has 2 amide bonds. The summed E-state index contributed by atoms with van der Waals surface area (Å²) < 4.78 is 77.2. The maximum absolute atomic E-state index is 13.7. The van der Waals surface area contributed by atoms with Gasteiger partial charge in [0.05, 0.1) is 17.7 Å². The molecule has 13 nitrogen and oxygen atoms in total. The van der Waals surface area contributed by atoms with Gasteiger partial charge in [0.25, 0.3) is 0 Å². The zero-order chi connectivity index (χ0) is 38.0. The minimum atomic E-state index is -5.08. The van der Waals surface area contributed by atoms with Crippen molar-refractivity contribution in [3.63, 3.8) is 0 Å². The van der Waals surface area contributed by atoms with Gasteiger partial charge in [-0.15, -0.1) is 0 Å². The predicted molar refractivity (Wildman–Crippen MR) is 163 cm³/mol. The lowest BCUT2D eigenvalue weighted by Gasteiger charge is -2.23. The first-order valence-electron chi connectivity index (χ1n) is 14.3. The Kier molecular flexibility index (Phi) is 14.8. The summed E-state index contributed by atoms with van der Waals surface area (Å²) >= 11 is 5.67. The van der Waals surface area contributed by atoms with Gasteiger partial charge in [-0.25, -0.2) is 14.0 Å². The quantitative estimate of drug-likeness (QED) is 0.0951. The molecule has 50 heavy (non-hydrogen) atoms. The van der Waals surface area contributed by atoms with Gasteiger partial charge in [0.2, 0.25) is 0 Å². The number of amides is 2. The number of rotatable bonds is 7. The molecule has 0 radical (unpaired) electrons. The highest BCUT2D eigenvalue weighted by Crippen LogP contribution is 2.37. The maximum atomic E-state index is 13.7. The Morgan fingerprint density at radius 3 is 2.08 bits per heavy atom. The van der Waals surface area contributed by atoms with Gasteiger partial charge in [0.15, 0.2) is 5.96 Å². The second-order valence-corrected chi connectivity index (χ2v) is 11.3. The van der Waals surface area contributed by atoms with Crippen LogP contribution in [0, 0.1) is 11.7 Å². The first kappa shape index (κ1) is 41.5. The predicted octanol–water partition coefficient (Wildman–Crippen LogP) is 2.94. The minimum absolute atomic E-state index is 0.0525. The lowest BCUT2D eigenvalue weighted by molar-refractivity contribution is -0.193. The summed E-state index contributed by atoms with van der Waals surface area (Å²) in [4.78, 5) is 49.5. The van der Waals surface area contributed by atoms with Gasteiger partial charge >= 0.3 is 36.1 Å². The van der Waals surface area contributed by atoms with Crippen LogP contribution in [-0.4, -0.2) is 88.0 Å². The summed E-state index contributed by atoms with van der Waals surface area (Å²) in [5.74, 6) is -8.20. The number of benzene rings is 2.